The van der Waals surface area contributed by atoms with Gasteiger partial charge in [-0.15, -0.1) is 0 Å². The van der Waals surface area contributed by atoms with Crippen LogP contribution < -0.4 is 0 Å². The normalized spacial score (nSPS) is 19.6. The van der Waals surface area contributed by atoms with Crippen molar-refractivity contribution in [1.82, 2.24) is 4.67 Å². The van der Waals surface area contributed by atoms with Gasteiger partial charge in [-0.25, -0.2) is 4.57 Å². The number of rotatable bonds is 1. The van der Waals surface area contributed by atoms with Crippen molar-refractivity contribution in [2.75, 3.05) is 6.54 Å². The highest BCUT2D eigenvalue weighted by Crippen LogP contribution is 2.41. The van der Waals surface area contributed by atoms with E-state index in [1.54, 1.807) is 6.08 Å². The Morgan fingerprint density at radius 1 is 1.50 bits per heavy atom. The van der Waals surface area contributed by atoms with Gasteiger partial charge in [0.1, 0.15) is 0 Å². The van der Waals surface area contributed by atoms with Crippen LogP contribution in [0.2, 0.25) is 0 Å². The van der Waals surface area contributed by atoms with Crippen molar-refractivity contribution in [1.29, 1.82) is 0 Å². The molecule has 0 radical (unpaired) electrons. The number of hydrogen-bond donors (Lipinski definition) is 2. The maximum Gasteiger partial charge on any atom is 0.429 e. The molecule has 0 spiro atoms. The summed E-state index contributed by atoms with van der Waals surface area (Å²) in [5.41, 5.74) is 0. The second-order valence-corrected chi connectivity index (χ2v) is 3.74. The van der Waals surface area contributed by atoms with E-state index in [1.807, 2.05) is 0 Å². The predicted molar refractivity (Wildman–Crippen MR) is 37.1 cm³/mol. The molecule has 4 nitrogen and oxygen atoms in total. The van der Waals surface area contributed by atoms with Crippen molar-refractivity contribution in [3.8, 4) is 0 Å². The SMILES string of the molecule is O=P(O)(O)N1C=CCCC1. The minimum Gasteiger partial charge on any atom is -0.308 e. The average Bonchev–Trinajstić information content (AvgIpc) is 1.88. The van der Waals surface area contributed by atoms with Crippen LogP contribution in [-0.2, 0) is 4.57 Å². The monoisotopic (exact) mass is 163 g/mol. The molecule has 0 saturated carbocycles. The van der Waals surface area contributed by atoms with Crippen molar-refractivity contribution < 1.29 is 14.4 Å². The molecule has 5 heteroatoms. The van der Waals surface area contributed by atoms with Crippen molar-refractivity contribution in [2.45, 2.75) is 12.8 Å². The summed E-state index contributed by atoms with van der Waals surface area (Å²) < 4.78 is 11.6. The van der Waals surface area contributed by atoms with Gasteiger partial charge in [-0.3, -0.25) is 4.67 Å². The lowest BCUT2D eigenvalue weighted by Gasteiger charge is -2.23. The standard InChI is InChI=1S/C5H10NO3P/c7-10(8,9)6-4-2-1-3-5-6/h2,4H,1,3,5H2,(H2,7,8,9). The fraction of sp³-hybridized carbons (Fsp3) is 0.600. The molecule has 0 aromatic heterocycles. The Balaban J connectivity index is 2.64. The highest BCUT2D eigenvalue weighted by molar-refractivity contribution is 7.49. The minimum absolute atomic E-state index is 0.459. The van der Waals surface area contributed by atoms with Crippen molar-refractivity contribution >= 4 is 7.75 Å². The first-order valence-corrected chi connectivity index (χ1v) is 4.66. The highest BCUT2D eigenvalue weighted by Gasteiger charge is 2.22. The molecule has 1 heterocycles. The summed E-state index contributed by atoms with van der Waals surface area (Å²) >= 11 is 0. The van der Waals surface area contributed by atoms with Crippen LogP contribution in [0.1, 0.15) is 12.8 Å². The van der Waals surface area contributed by atoms with Gasteiger partial charge in [0.15, 0.2) is 0 Å². The Morgan fingerprint density at radius 2 is 2.20 bits per heavy atom. The summed E-state index contributed by atoms with van der Waals surface area (Å²) in [6.07, 6.45) is 4.96. The number of allylic oxidation sites excluding steroid dienone is 1. The molecule has 0 aliphatic carbocycles. The van der Waals surface area contributed by atoms with Gasteiger partial charge in [-0.2, -0.15) is 0 Å². The smallest absolute Gasteiger partial charge is 0.308 e. The van der Waals surface area contributed by atoms with Crippen molar-refractivity contribution in [3.05, 3.63) is 12.3 Å². The van der Waals surface area contributed by atoms with Crippen molar-refractivity contribution in [3.63, 3.8) is 0 Å². The number of nitrogens with zero attached hydrogens (tertiary/aromatic N) is 1. The van der Waals surface area contributed by atoms with Gasteiger partial charge in [0.25, 0.3) is 0 Å². The van der Waals surface area contributed by atoms with E-state index in [1.165, 1.54) is 6.20 Å². The summed E-state index contributed by atoms with van der Waals surface area (Å²) in [6, 6.07) is 0. The first-order chi connectivity index (χ1) is 4.61. The molecule has 0 unspecified atom stereocenters. The van der Waals surface area contributed by atoms with E-state index in [0.29, 0.717) is 6.54 Å². The van der Waals surface area contributed by atoms with Crippen LogP contribution >= 0.6 is 7.75 Å². The van der Waals surface area contributed by atoms with Gasteiger partial charge < -0.3 is 9.79 Å². The van der Waals surface area contributed by atoms with Gasteiger partial charge in [0.05, 0.1) is 0 Å². The summed E-state index contributed by atoms with van der Waals surface area (Å²) in [5, 5.41) is 0. The maximum atomic E-state index is 10.6. The first kappa shape index (κ1) is 7.79. The average molecular weight is 163 g/mol. The third-order valence-electron chi connectivity index (χ3n) is 1.37. The van der Waals surface area contributed by atoms with Gasteiger partial charge in [0.2, 0.25) is 0 Å². The Labute approximate surface area is 59.4 Å². The summed E-state index contributed by atoms with van der Waals surface area (Å²) in [7, 11) is -3.99. The molecule has 1 rings (SSSR count). The van der Waals surface area contributed by atoms with E-state index < -0.39 is 7.75 Å². The van der Waals surface area contributed by atoms with Gasteiger partial charge in [-0.05, 0) is 12.8 Å². The van der Waals surface area contributed by atoms with E-state index in [4.69, 9.17) is 9.79 Å². The van der Waals surface area contributed by atoms with Crippen LogP contribution in [-0.4, -0.2) is 21.0 Å². The Morgan fingerprint density at radius 3 is 2.50 bits per heavy atom. The van der Waals surface area contributed by atoms with E-state index in [0.717, 1.165) is 17.5 Å². The molecule has 0 saturated heterocycles. The van der Waals surface area contributed by atoms with E-state index >= 15 is 0 Å². The Kier molecular flexibility index (Phi) is 2.14. The largest absolute Gasteiger partial charge is 0.429 e. The van der Waals surface area contributed by atoms with Crippen LogP contribution in [0.5, 0.6) is 0 Å². The fourth-order valence-corrected chi connectivity index (χ4v) is 1.53. The van der Waals surface area contributed by atoms with E-state index in [9.17, 15) is 4.57 Å². The zero-order valence-corrected chi connectivity index (χ0v) is 6.37. The molecule has 10 heavy (non-hydrogen) atoms. The van der Waals surface area contributed by atoms with Crippen LogP contribution in [0.3, 0.4) is 0 Å². The number of hydrogen-bond acceptors (Lipinski definition) is 1. The Hall–Kier alpha value is -0.310. The third kappa shape index (κ3) is 1.84. The lowest BCUT2D eigenvalue weighted by atomic mass is 10.2. The Bertz CT molecular complexity index is 185. The van der Waals surface area contributed by atoms with Crippen LogP contribution in [0.25, 0.3) is 0 Å². The van der Waals surface area contributed by atoms with Gasteiger partial charge in [-0.1, -0.05) is 6.08 Å². The van der Waals surface area contributed by atoms with Crippen LogP contribution in [0.4, 0.5) is 0 Å². The summed E-state index contributed by atoms with van der Waals surface area (Å²) in [5.74, 6) is 0. The summed E-state index contributed by atoms with van der Waals surface area (Å²) in [6.45, 7) is 0.459. The third-order valence-corrected chi connectivity index (χ3v) is 2.37. The molecular weight excluding hydrogens is 153 g/mol. The maximum absolute atomic E-state index is 10.6. The predicted octanol–water partition coefficient (Wildman–Crippen LogP) is 0.689. The molecule has 0 aromatic carbocycles. The molecule has 0 fully saturated rings. The van der Waals surface area contributed by atoms with E-state index in [-0.39, 0.29) is 0 Å². The second-order valence-electron chi connectivity index (χ2n) is 2.20. The zero-order chi connectivity index (χ0) is 7.61. The van der Waals surface area contributed by atoms with Crippen molar-refractivity contribution in [2.24, 2.45) is 0 Å². The molecule has 0 atom stereocenters. The molecule has 0 amide bonds. The topological polar surface area (TPSA) is 60.8 Å². The lowest BCUT2D eigenvalue weighted by molar-refractivity contribution is 0.299. The molecular formula is C5H10NO3P. The lowest BCUT2D eigenvalue weighted by Crippen LogP contribution is -2.17. The molecule has 0 bridgehead atoms. The van der Waals surface area contributed by atoms with E-state index in [2.05, 4.69) is 0 Å². The zero-order valence-electron chi connectivity index (χ0n) is 5.47. The molecule has 58 valence electrons. The molecule has 0 aromatic rings. The highest BCUT2D eigenvalue weighted by atomic mass is 31.2. The van der Waals surface area contributed by atoms with Gasteiger partial charge >= 0.3 is 7.75 Å². The minimum atomic E-state index is -3.99. The van der Waals surface area contributed by atoms with Crippen LogP contribution in [0, 0.1) is 0 Å². The second kappa shape index (κ2) is 2.74. The fourth-order valence-electron chi connectivity index (χ4n) is 0.859. The van der Waals surface area contributed by atoms with Gasteiger partial charge in [0, 0.05) is 12.7 Å². The molecule has 2 N–H and O–H groups in total. The molecule has 1 aliphatic rings. The van der Waals surface area contributed by atoms with Crippen LogP contribution in [0.15, 0.2) is 12.3 Å². The molecule has 1 aliphatic heterocycles. The quantitative estimate of drug-likeness (QED) is 0.558. The first-order valence-electron chi connectivity index (χ1n) is 3.10. The summed E-state index contributed by atoms with van der Waals surface area (Å²) in [4.78, 5) is 17.3.